The van der Waals surface area contributed by atoms with E-state index in [9.17, 15) is 0 Å². The maximum Gasteiger partial charge on any atom is 0.0543 e. The van der Waals surface area contributed by atoms with Crippen molar-refractivity contribution in [2.45, 2.75) is 31.1 Å². The van der Waals surface area contributed by atoms with Crippen molar-refractivity contribution >= 4 is 38.6 Å². The fourth-order valence-corrected chi connectivity index (χ4v) is 9.52. The summed E-state index contributed by atoms with van der Waals surface area (Å²) in [6, 6.07) is 56.7. The van der Waals surface area contributed by atoms with Crippen LogP contribution in [0.25, 0.3) is 43.8 Å². The Bertz CT molecular complexity index is 2300. The Morgan fingerprint density at radius 2 is 1.15 bits per heavy atom. The van der Waals surface area contributed by atoms with Crippen molar-refractivity contribution in [2.75, 3.05) is 4.90 Å². The lowest BCUT2D eigenvalue weighted by molar-refractivity contribution is 0.327. The molecular formula is C45H35N. The van der Waals surface area contributed by atoms with Gasteiger partial charge in [-0.3, -0.25) is 0 Å². The molecule has 3 atom stereocenters. The number of hydrogen-bond donors (Lipinski definition) is 0. The van der Waals surface area contributed by atoms with E-state index in [-0.39, 0.29) is 5.41 Å². The van der Waals surface area contributed by atoms with E-state index in [4.69, 9.17) is 0 Å². The van der Waals surface area contributed by atoms with Gasteiger partial charge < -0.3 is 4.90 Å². The van der Waals surface area contributed by atoms with Crippen molar-refractivity contribution in [1.82, 2.24) is 0 Å². The SMILES string of the molecule is c1ccc2c(c1)-c1c(N(c3ccc(-c4ccc5ccccc5c4)cc3)c3ccc4ccccc4c3)cccc1C21CC2CCC1C2. The Balaban J connectivity index is 1.17. The first kappa shape index (κ1) is 26.1. The second-order valence-corrected chi connectivity index (χ2v) is 13.8. The predicted octanol–water partition coefficient (Wildman–Crippen LogP) is 12.2. The predicted molar refractivity (Wildman–Crippen MR) is 193 cm³/mol. The van der Waals surface area contributed by atoms with Crippen LogP contribution in [0, 0.1) is 11.8 Å². The van der Waals surface area contributed by atoms with Gasteiger partial charge in [-0.25, -0.2) is 0 Å². The molecule has 46 heavy (non-hydrogen) atoms. The van der Waals surface area contributed by atoms with E-state index in [1.165, 1.54) is 86.5 Å². The molecule has 0 heterocycles. The number of hydrogen-bond acceptors (Lipinski definition) is 1. The third-order valence-electron chi connectivity index (χ3n) is 11.5. The lowest BCUT2D eigenvalue weighted by atomic mass is 9.67. The summed E-state index contributed by atoms with van der Waals surface area (Å²) in [6.07, 6.45) is 5.42. The Morgan fingerprint density at radius 1 is 0.500 bits per heavy atom. The third kappa shape index (κ3) is 3.75. The zero-order valence-electron chi connectivity index (χ0n) is 25.9. The molecule has 3 aliphatic carbocycles. The van der Waals surface area contributed by atoms with Crippen LogP contribution in [-0.4, -0.2) is 0 Å². The Morgan fingerprint density at radius 3 is 1.91 bits per heavy atom. The van der Waals surface area contributed by atoms with Crippen LogP contribution in [0.15, 0.2) is 152 Å². The van der Waals surface area contributed by atoms with Crippen molar-refractivity contribution in [3.63, 3.8) is 0 Å². The van der Waals surface area contributed by atoms with E-state index < -0.39 is 0 Å². The maximum absolute atomic E-state index is 2.51. The van der Waals surface area contributed by atoms with Crippen LogP contribution in [-0.2, 0) is 5.41 Å². The van der Waals surface area contributed by atoms with Crippen LogP contribution in [0.1, 0.15) is 36.8 Å². The van der Waals surface area contributed by atoms with Crippen molar-refractivity contribution in [1.29, 1.82) is 0 Å². The third-order valence-corrected chi connectivity index (χ3v) is 11.5. The number of rotatable bonds is 4. The molecule has 0 N–H and O–H groups in total. The van der Waals surface area contributed by atoms with Crippen LogP contribution >= 0.6 is 0 Å². The maximum atomic E-state index is 2.51. The molecule has 1 heteroatoms. The zero-order valence-corrected chi connectivity index (χ0v) is 25.9. The minimum Gasteiger partial charge on any atom is -0.310 e. The van der Waals surface area contributed by atoms with E-state index in [1.807, 2.05) is 0 Å². The molecule has 0 saturated heterocycles. The zero-order chi connectivity index (χ0) is 30.2. The highest BCUT2D eigenvalue weighted by atomic mass is 15.1. The monoisotopic (exact) mass is 589 g/mol. The largest absolute Gasteiger partial charge is 0.310 e. The van der Waals surface area contributed by atoms with Gasteiger partial charge in [0.2, 0.25) is 0 Å². The van der Waals surface area contributed by atoms with Gasteiger partial charge in [-0.2, -0.15) is 0 Å². The molecule has 2 bridgehead atoms. The molecule has 0 radical (unpaired) electrons. The van der Waals surface area contributed by atoms with Crippen molar-refractivity contribution in [2.24, 2.45) is 11.8 Å². The second-order valence-electron chi connectivity index (χ2n) is 13.8. The Kier molecular flexibility index (Phi) is 5.64. The van der Waals surface area contributed by atoms with E-state index in [2.05, 4.69) is 157 Å². The molecule has 7 aromatic carbocycles. The van der Waals surface area contributed by atoms with Crippen LogP contribution in [0.5, 0.6) is 0 Å². The first-order valence-electron chi connectivity index (χ1n) is 16.9. The molecule has 1 spiro atoms. The first-order valence-corrected chi connectivity index (χ1v) is 16.9. The van der Waals surface area contributed by atoms with E-state index in [0.717, 1.165) is 11.8 Å². The van der Waals surface area contributed by atoms with Gasteiger partial charge >= 0.3 is 0 Å². The first-order chi connectivity index (χ1) is 22.8. The van der Waals surface area contributed by atoms with Crippen LogP contribution in [0.3, 0.4) is 0 Å². The second kappa shape index (κ2) is 9.93. The smallest absolute Gasteiger partial charge is 0.0543 e. The highest BCUT2D eigenvalue weighted by Gasteiger charge is 2.57. The van der Waals surface area contributed by atoms with E-state index >= 15 is 0 Å². The number of anilines is 3. The van der Waals surface area contributed by atoms with Gasteiger partial charge in [0, 0.05) is 22.4 Å². The van der Waals surface area contributed by atoms with Gasteiger partial charge in [-0.05, 0) is 117 Å². The lowest BCUT2D eigenvalue weighted by Crippen LogP contribution is -2.31. The molecule has 0 aliphatic heterocycles. The molecule has 3 aliphatic rings. The fraction of sp³-hybridized carbons (Fsp3) is 0.156. The van der Waals surface area contributed by atoms with Gasteiger partial charge in [0.05, 0.1) is 5.69 Å². The summed E-state index contributed by atoms with van der Waals surface area (Å²) in [6.45, 7) is 0. The van der Waals surface area contributed by atoms with E-state index in [1.54, 1.807) is 11.1 Å². The summed E-state index contributed by atoms with van der Waals surface area (Å²) < 4.78 is 0. The Labute approximate surface area is 270 Å². The molecule has 1 nitrogen and oxygen atoms in total. The van der Waals surface area contributed by atoms with E-state index in [0.29, 0.717) is 0 Å². The van der Waals surface area contributed by atoms with Crippen molar-refractivity contribution in [3.8, 4) is 22.3 Å². The van der Waals surface area contributed by atoms with Gasteiger partial charge in [-0.1, -0.05) is 122 Å². The van der Waals surface area contributed by atoms with Crippen LogP contribution < -0.4 is 4.90 Å². The summed E-state index contributed by atoms with van der Waals surface area (Å²) in [5.41, 5.74) is 12.3. The molecule has 7 aromatic rings. The van der Waals surface area contributed by atoms with Gasteiger partial charge in [0.25, 0.3) is 0 Å². The highest BCUT2D eigenvalue weighted by molar-refractivity contribution is 5.97. The molecule has 0 aromatic heterocycles. The summed E-state index contributed by atoms with van der Waals surface area (Å²) in [7, 11) is 0. The lowest BCUT2D eigenvalue weighted by Gasteiger charge is -2.37. The molecule has 3 unspecified atom stereocenters. The van der Waals surface area contributed by atoms with Crippen LogP contribution in [0.2, 0.25) is 0 Å². The highest BCUT2D eigenvalue weighted by Crippen LogP contribution is 2.67. The summed E-state index contributed by atoms with van der Waals surface area (Å²) in [5, 5.41) is 5.07. The normalized spacial score (nSPS) is 20.8. The van der Waals surface area contributed by atoms with Gasteiger partial charge in [0.15, 0.2) is 0 Å². The molecule has 220 valence electrons. The molecule has 2 fully saturated rings. The number of fused-ring (bicyclic) bond motifs is 10. The van der Waals surface area contributed by atoms with Crippen molar-refractivity contribution in [3.05, 3.63) is 163 Å². The standard InChI is InChI=1S/C45H35N/c1-3-10-34-27-36(18-17-31(34)8-1)33-19-23-38(24-20-33)46(39-25-21-32-9-2-4-11-35(32)28-39)43-15-7-14-42-44(43)40-12-5-6-13-41(40)45(42)29-30-16-22-37(45)26-30/h1-15,17-21,23-25,27-28,30,37H,16,22,26,29H2. The molecule has 10 rings (SSSR count). The summed E-state index contributed by atoms with van der Waals surface area (Å²) in [5.74, 6) is 1.59. The minimum atomic E-state index is 0.153. The van der Waals surface area contributed by atoms with Crippen molar-refractivity contribution < 1.29 is 0 Å². The fourth-order valence-electron chi connectivity index (χ4n) is 9.52. The average molecular weight is 590 g/mol. The van der Waals surface area contributed by atoms with Gasteiger partial charge in [-0.15, -0.1) is 0 Å². The number of benzene rings is 7. The molecule has 0 amide bonds. The molecular weight excluding hydrogens is 555 g/mol. The average Bonchev–Trinajstić information content (AvgIpc) is 3.82. The van der Waals surface area contributed by atoms with Gasteiger partial charge in [0.1, 0.15) is 0 Å². The number of nitrogens with zero attached hydrogens (tertiary/aromatic N) is 1. The Hall–Kier alpha value is -5.14. The van der Waals surface area contributed by atoms with Crippen LogP contribution in [0.4, 0.5) is 17.1 Å². The summed E-state index contributed by atoms with van der Waals surface area (Å²) >= 11 is 0. The minimum absolute atomic E-state index is 0.153. The topological polar surface area (TPSA) is 3.24 Å². The summed E-state index contributed by atoms with van der Waals surface area (Å²) in [4.78, 5) is 2.51. The quantitative estimate of drug-likeness (QED) is 0.197. The molecule has 2 saturated carbocycles.